The molecule has 3 rings (SSSR count). The van der Waals surface area contributed by atoms with Gasteiger partial charge in [0, 0.05) is 28.7 Å². The Morgan fingerprint density at radius 1 is 0.947 bits per heavy atom. The highest BCUT2D eigenvalue weighted by Crippen LogP contribution is 2.30. The molecule has 0 fully saturated rings. The lowest BCUT2D eigenvalue weighted by atomic mass is 10.1. The smallest absolute Gasteiger partial charge is 0.264 e. The first-order valence-electron chi connectivity index (χ1n) is 12.1. The molecule has 3 aromatic carbocycles. The Hall–Kier alpha value is -3.07. The number of hydrogen-bond acceptors (Lipinski definition) is 4. The summed E-state index contributed by atoms with van der Waals surface area (Å²) < 4.78 is 28.8. The van der Waals surface area contributed by atoms with E-state index in [0.717, 1.165) is 9.87 Å². The number of rotatable bonds is 10. The van der Waals surface area contributed by atoms with Crippen LogP contribution in [0, 0.1) is 13.8 Å². The summed E-state index contributed by atoms with van der Waals surface area (Å²) in [7, 11) is -4.13. The third kappa shape index (κ3) is 6.67. The number of hydrogen-bond donors (Lipinski definition) is 1. The van der Waals surface area contributed by atoms with E-state index in [1.54, 1.807) is 69.3 Å². The van der Waals surface area contributed by atoms with Crippen LogP contribution in [-0.2, 0) is 26.2 Å². The van der Waals surface area contributed by atoms with Crippen molar-refractivity contribution in [3.05, 3.63) is 93.5 Å². The maximum atomic E-state index is 13.9. The lowest BCUT2D eigenvalue weighted by Gasteiger charge is -2.32. The van der Waals surface area contributed by atoms with Crippen molar-refractivity contribution in [1.29, 1.82) is 0 Å². The molecule has 0 saturated carbocycles. The number of halogens is 2. The number of carbonyl (C=O) groups is 2. The van der Waals surface area contributed by atoms with Crippen LogP contribution in [-0.4, -0.2) is 44.3 Å². The fraction of sp³-hybridized carbons (Fsp3) is 0.286. The van der Waals surface area contributed by atoms with Gasteiger partial charge in [-0.1, -0.05) is 59.6 Å². The molecule has 0 aliphatic rings. The summed E-state index contributed by atoms with van der Waals surface area (Å²) in [5.74, 6) is -0.964. The molecule has 0 spiro atoms. The minimum Gasteiger partial charge on any atom is -0.355 e. The van der Waals surface area contributed by atoms with Gasteiger partial charge in [0.25, 0.3) is 10.0 Å². The number of likely N-dealkylation sites (N-methyl/N-ethyl adjacent to an activating group) is 1. The SMILES string of the molecule is CCNC(=O)[C@@H](C)N(Cc1c(Cl)cccc1Cl)C(=O)CN(c1cc(C)ccc1C)S(=O)(=O)c1ccccc1. The predicted octanol–water partition coefficient (Wildman–Crippen LogP) is 5.36. The van der Waals surface area contributed by atoms with Crippen molar-refractivity contribution in [2.45, 2.75) is 45.2 Å². The molecule has 0 radical (unpaired) electrons. The quantitative estimate of drug-likeness (QED) is 0.352. The Labute approximate surface area is 234 Å². The third-order valence-corrected chi connectivity index (χ3v) is 8.63. The maximum Gasteiger partial charge on any atom is 0.264 e. The zero-order valence-corrected chi connectivity index (χ0v) is 24.1. The minimum atomic E-state index is -4.13. The lowest BCUT2D eigenvalue weighted by molar-refractivity contribution is -0.139. The van der Waals surface area contributed by atoms with Gasteiger partial charge in [-0.2, -0.15) is 0 Å². The Balaban J connectivity index is 2.10. The van der Waals surface area contributed by atoms with E-state index in [1.807, 2.05) is 13.0 Å². The van der Waals surface area contributed by atoms with Gasteiger partial charge in [0.05, 0.1) is 10.6 Å². The van der Waals surface area contributed by atoms with E-state index in [9.17, 15) is 18.0 Å². The van der Waals surface area contributed by atoms with Crippen LogP contribution in [0.3, 0.4) is 0 Å². The molecule has 1 atom stereocenters. The Bertz CT molecular complexity index is 1390. The molecule has 0 heterocycles. The van der Waals surface area contributed by atoms with Crippen molar-refractivity contribution in [2.75, 3.05) is 17.4 Å². The van der Waals surface area contributed by atoms with Crippen molar-refractivity contribution in [2.24, 2.45) is 0 Å². The number of nitrogens with one attached hydrogen (secondary N) is 1. The van der Waals surface area contributed by atoms with Crippen LogP contribution in [0.5, 0.6) is 0 Å². The van der Waals surface area contributed by atoms with Crippen molar-refractivity contribution in [3.8, 4) is 0 Å². The van der Waals surface area contributed by atoms with Crippen LogP contribution in [0.1, 0.15) is 30.5 Å². The topological polar surface area (TPSA) is 86.8 Å². The van der Waals surface area contributed by atoms with Crippen LogP contribution < -0.4 is 9.62 Å². The highest BCUT2D eigenvalue weighted by atomic mass is 35.5. The Morgan fingerprint density at radius 2 is 1.58 bits per heavy atom. The van der Waals surface area contributed by atoms with E-state index < -0.39 is 28.5 Å². The molecule has 3 aromatic rings. The van der Waals surface area contributed by atoms with Crippen LogP contribution in [0.2, 0.25) is 10.0 Å². The second-order valence-corrected chi connectivity index (χ2v) is 11.6. The molecule has 0 aliphatic heterocycles. The summed E-state index contributed by atoms with van der Waals surface area (Å²) in [4.78, 5) is 28.1. The molecular weight excluding hydrogens is 545 g/mol. The molecule has 202 valence electrons. The van der Waals surface area contributed by atoms with Gasteiger partial charge in [-0.25, -0.2) is 8.42 Å². The van der Waals surface area contributed by atoms with E-state index >= 15 is 0 Å². The molecule has 1 N–H and O–H groups in total. The Kier molecular flexibility index (Phi) is 9.82. The predicted molar refractivity (Wildman–Crippen MR) is 152 cm³/mol. The summed E-state index contributed by atoms with van der Waals surface area (Å²) in [5, 5.41) is 3.39. The fourth-order valence-corrected chi connectivity index (χ4v) is 5.99. The summed E-state index contributed by atoms with van der Waals surface area (Å²) in [6.07, 6.45) is 0. The first kappa shape index (κ1) is 29.5. The number of nitrogens with zero attached hydrogens (tertiary/aromatic N) is 2. The molecule has 0 saturated heterocycles. The standard InChI is InChI=1S/C28H31Cl2N3O4S/c1-5-31-28(35)21(4)32(17-23-24(29)12-9-13-25(23)30)27(34)18-33(26-16-19(2)14-15-20(26)3)38(36,37)22-10-7-6-8-11-22/h6-16,21H,5,17-18H2,1-4H3,(H,31,35)/t21-/m1/s1. The number of anilines is 1. The highest BCUT2D eigenvalue weighted by molar-refractivity contribution is 7.92. The highest BCUT2D eigenvalue weighted by Gasteiger charge is 2.33. The Morgan fingerprint density at radius 3 is 2.18 bits per heavy atom. The number of carbonyl (C=O) groups excluding carboxylic acids is 2. The largest absolute Gasteiger partial charge is 0.355 e. The van der Waals surface area contributed by atoms with E-state index in [4.69, 9.17) is 23.2 Å². The van der Waals surface area contributed by atoms with E-state index in [0.29, 0.717) is 33.4 Å². The van der Waals surface area contributed by atoms with Gasteiger partial charge < -0.3 is 10.2 Å². The van der Waals surface area contributed by atoms with Gasteiger partial charge in [-0.05, 0) is 69.2 Å². The van der Waals surface area contributed by atoms with Crippen LogP contribution >= 0.6 is 23.2 Å². The summed E-state index contributed by atoms with van der Waals surface area (Å²) in [6, 6.07) is 17.4. The maximum absolute atomic E-state index is 13.9. The summed E-state index contributed by atoms with van der Waals surface area (Å²) in [6.45, 7) is 6.74. The minimum absolute atomic E-state index is 0.0474. The number of sulfonamides is 1. The van der Waals surface area contributed by atoms with Crippen LogP contribution in [0.15, 0.2) is 71.6 Å². The van der Waals surface area contributed by atoms with E-state index in [2.05, 4.69) is 5.32 Å². The molecular formula is C28H31Cl2N3O4S. The fourth-order valence-electron chi connectivity index (χ4n) is 3.98. The molecule has 10 heteroatoms. The molecule has 2 amide bonds. The van der Waals surface area contributed by atoms with Crippen molar-refractivity contribution < 1.29 is 18.0 Å². The van der Waals surface area contributed by atoms with Gasteiger partial charge in [-0.3, -0.25) is 13.9 Å². The molecule has 38 heavy (non-hydrogen) atoms. The molecule has 0 aromatic heterocycles. The molecule has 0 unspecified atom stereocenters. The number of amides is 2. The van der Waals surface area contributed by atoms with Crippen LogP contribution in [0.4, 0.5) is 5.69 Å². The normalized spacial score (nSPS) is 12.1. The second kappa shape index (κ2) is 12.7. The summed E-state index contributed by atoms with van der Waals surface area (Å²) in [5.41, 5.74) is 2.36. The van der Waals surface area contributed by atoms with Gasteiger partial charge in [0.15, 0.2) is 0 Å². The van der Waals surface area contributed by atoms with E-state index in [1.165, 1.54) is 17.0 Å². The van der Waals surface area contributed by atoms with Crippen molar-refractivity contribution in [1.82, 2.24) is 10.2 Å². The monoisotopic (exact) mass is 575 g/mol. The van der Waals surface area contributed by atoms with E-state index in [-0.39, 0.29) is 17.3 Å². The zero-order chi connectivity index (χ0) is 28.0. The zero-order valence-electron chi connectivity index (χ0n) is 21.7. The van der Waals surface area contributed by atoms with Gasteiger partial charge in [0.2, 0.25) is 11.8 Å². The van der Waals surface area contributed by atoms with Gasteiger partial charge >= 0.3 is 0 Å². The molecule has 7 nitrogen and oxygen atoms in total. The first-order chi connectivity index (χ1) is 18.0. The average Bonchev–Trinajstić information content (AvgIpc) is 2.88. The molecule has 0 bridgehead atoms. The van der Waals surface area contributed by atoms with Crippen molar-refractivity contribution >= 4 is 50.7 Å². The van der Waals surface area contributed by atoms with Gasteiger partial charge in [0.1, 0.15) is 12.6 Å². The number of benzene rings is 3. The average molecular weight is 577 g/mol. The van der Waals surface area contributed by atoms with Crippen LogP contribution in [0.25, 0.3) is 0 Å². The lowest BCUT2D eigenvalue weighted by Crippen LogP contribution is -2.51. The molecule has 0 aliphatic carbocycles. The van der Waals surface area contributed by atoms with Crippen molar-refractivity contribution in [3.63, 3.8) is 0 Å². The summed E-state index contributed by atoms with van der Waals surface area (Å²) >= 11 is 12.8. The number of aryl methyl sites for hydroxylation is 2. The first-order valence-corrected chi connectivity index (χ1v) is 14.3. The van der Waals surface area contributed by atoms with Gasteiger partial charge in [-0.15, -0.1) is 0 Å². The second-order valence-electron chi connectivity index (χ2n) is 8.91. The third-order valence-electron chi connectivity index (χ3n) is 6.15.